The summed E-state index contributed by atoms with van der Waals surface area (Å²) in [5.41, 5.74) is 0. The third kappa shape index (κ3) is 11.9. The predicted octanol–water partition coefficient (Wildman–Crippen LogP) is -6.99. The Bertz CT molecular complexity index is 1440. The Kier molecular flexibility index (Phi) is 18.3. The van der Waals surface area contributed by atoms with Crippen molar-refractivity contribution in [2.24, 2.45) is 23.7 Å². The van der Waals surface area contributed by atoms with E-state index in [1.165, 1.54) is 9.80 Å². The number of nitrogens with zero attached hydrogens (tertiary/aromatic N) is 2. The summed E-state index contributed by atoms with van der Waals surface area (Å²) in [5, 5.41) is 142. The summed E-state index contributed by atoms with van der Waals surface area (Å²) in [7, 11) is 0. The molecule has 24 heteroatoms. The molecule has 0 spiro atoms. The van der Waals surface area contributed by atoms with Crippen LogP contribution in [0.25, 0.3) is 0 Å². The summed E-state index contributed by atoms with van der Waals surface area (Å²) in [5.74, 6) is -3.80. The van der Waals surface area contributed by atoms with E-state index >= 15 is 0 Å². The van der Waals surface area contributed by atoms with Crippen LogP contribution in [0.2, 0.25) is 0 Å². The summed E-state index contributed by atoms with van der Waals surface area (Å²) in [6.45, 7) is 5.88. The smallest absolute Gasteiger partial charge is 0.223 e. The number of aliphatic hydroxyl groups is 14. The molecule has 372 valence electrons. The molecule has 6 heterocycles. The molecule has 0 saturated carbocycles. The Morgan fingerprint density at radius 2 is 1.00 bits per heavy atom. The minimum absolute atomic E-state index is 0.124. The number of carbonyl (C=O) groups excluding carboxylic acids is 2. The largest absolute Gasteiger partial charge is 0.394 e. The SMILES string of the molecule is CC(C)C[C@H]1CC(=O)N(CC2(O)OC[C@@H](O)[C@@H](O[C@@H]3O[C@H](CO)[C@H](O)[C@H](O)[C@H]3O)[C@@H]2O)C1.CC(C)C[C@H]1CC(=O)N(CC2(O)O[C@H](CO)[C@@H](O[C@@H]3O[C@H](CO)[C@H](O)[C@H](O)[C@H]3O)[C@@H]2O)C1. The van der Waals surface area contributed by atoms with Crippen molar-refractivity contribution in [2.45, 2.75) is 163 Å². The predicted molar refractivity (Wildman–Crippen MR) is 211 cm³/mol. The van der Waals surface area contributed by atoms with Gasteiger partial charge < -0.3 is 110 Å². The van der Waals surface area contributed by atoms with Gasteiger partial charge in [0, 0.05) is 25.9 Å². The first-order valence-electron chi connectivity index (χ1n) is 21.9. The van der Waals surface area contributed by atoms with Gasteiger partial charge in [0.25, 0.3) is 0 Å². The number of hydrogen-bond acceptors (Lipinski definition) is 22. The first-order chi connectivity index (χ1) is 30.0. The molecule has 6 fully saturated rings. The molecule has 0 radical (unpaired) electrons. The van der Waals surface area contributed by atoms with Crippen molar-refractivity contribution in [1.82, 2.24) is 9.80 Å². The van der Waals surface area contributed by atoms with Crippen molar-refractivity contribution in [3.8, 4) is 0 Å². The summed E-state index contributed by atoms with van der Waals surface area (Å²) < 4.78 is 32.3. The van der Waals surface area contributed by atoms with Gasteiger partial charge in [-0.3, -0.25) is 9.59 Å². The lowest BCUT2D eigenvalue weighted by Gasteiger charge is -2.47. The Labute approximate surface area is 370 Å². The number of rotatable bonds is 15. The van der Waals surface area contributed by atoms with Gasteiger partial charge in [-0.1, -0.05) is 27.7 Å². The van der Waals surface area contributed by atoms with Crippen LogP contribution in [0.5, 0.6) is 0 Å². The summed E-state index contributed by atoms with van der Waals surface area (Å²) in [6, 6.07) is 0. The fraction of sp³-hybridized carbons (Fsp3) is 0.950. The maximum atomic E-state index is 12.4. The molecule has 2 amide bonds. The number of aliphatic hydroxyl groups excluding tert-OH is 12. The zero-order valence-corrected chi connectivity index (χ0v) is 36.5. The number of likely N-dealkylation sites (tertiary alicyclic amines) is 2. The van der Waals surface area contributed by atoms with Crippen molar-refractivity contribution in [3.63, 3.8) is 0 Å². The zero-order chi connectivity index (χ0) is 47.6. The summed E-state index contributed by atoms with van der Waals surface area (Å²) >= 11 is 0. The lowest BCUT2D eigenvalue weighted by Crippen LogP contribution is -2.67. The molecule has 14 N–H and O–H groups in total. The van der Waals surface area contributed by atoms with Crippen molar-refractivity contribution >= 4 is 11.8 Å². The van der Waals surface area contributed by atoms with E-state index in [4.69, 9.17) is 28.4 Å². The quantitative estimate of drug-likeness (QED) is 0.0725. The van der Waals surface area contributed by atoms with Crippen molar-refractivity contribution in [1.29, 1.82) is 0 Å². The number of amides is 2. The molecule has 24 nitrogen and oxygen atoms in total. The number of carbonyl (C=O) groups is 2. The molecule has 0 aromatic heterocycles. The maximum Gasteiger partial charge on any atom is 0.223 e. The molecular weight excluding hydrogens is 860 g/mol. The molecule has 0 aromatic rings. The Balaban J connectivity index is 0.000000241. The molecule has 6 aliphatic heterocycles. The van der Waals surface area contributed by atoms with Crippen LogP contribution in [0.3, 0.4) is 0 Å². The fourth-order valence-electron chi connectivity index (χ4n) is 9.35. The Morgan fingerprint density at radius 1 is 0.594 bits per heavy atom. The highest BCUT2D eigenvalue weighted by atomic mass is 16.7. The third-order valence-corrected chi connectivity index (χ3v) is 12.6. The van der Waals surface area contributed by atoms with Gasteiger partial charge in [0.1, 0.15) is 85.5 Å². The van der Waals surface area contributed by atoms with Gasteiger partial charge in [0.15, 0.2) is 12.6 Å². The molecule has 2 unspecified atom stereocenters. The topological polar surface area (TPSA) is 379 Å². The lowest BCUT2D eigenvalue weighted by atomic mass is 9.95. The number of hydrogen-bond donors (Lipinski definition) is 14. The fourth-order valence-corrected chi connectivity index (χ4v) is 9.35. The molecule has 0 bridgehead atoms. The average molecular weight is 931 g/mol. The van der Waals surface area contributed by atoms with Gasteiger partial charge in [0.2, 0.25) is 23.4 Å². The van der Waals surface area contributed by atoms with Crippen molar-refractivity contribution in [2.75, 3.05) is 52.6 Å². The first kappa shape index (κ1) is 53.1. The third-order valence-electron chi connectivity index (χ3n) is 12.6. The minimum Gasteiger partial charge on any atom is -0.394 e. The van der Waals surface area contributed by atoms with Gasteiger partial charge in [-0.2, -0.15) is 0 Å². The van der Waals surface area contributed by atoms with Crippen molar-refractivity contribution < 1.29 is 110 Å². The van der Waals surface area contributed by atoms with Crippen LogP contribution < -0.4 is 0 Å². The second-order valence-corrected chi connectivity index (χ2v) is 18.8. The zero-order valence-electron chi connectivity index (χ0n) is 36.5. The van der Waals surface area contributed by atoms with Crippen LogP contribution in [0.15, 0.2) is 0 Å². The molecule has 0 aliphatic carbocycles. The first-order valence-corrected chi connectivity index (χ1v) is 21.9. The molecule has 0 aromatic carbocycles. The summed E-state index contributed by atoms with van der Waals surface area (Å²) in [4.78, 5) is 27.6. The van der Waals surface area contributed by atoms with Gasteiger partial charge in [-0.15, -0.1) is 0 Å². The van der Waals surface area contributed by atoms with Crippen LogP contribution in [0.1, 0.15) is 53.4 Å². The monoisotopic (exact) mass is 930 g/mol. The number of β-amino-alcohol motifs (C(OH)–C–C–N with tert-alkyl or cyclic N) is 2. The Hall–Kier alpha value is -1.86. The average Bonchev–Trinajstić information content (AvgIpc) is 3.83. The second-order valence-electron chi connectivity index (χ2n) is 18.8. The van der Waals surface area contributed by atoms with E-state index < -0.39 is 136 Å². The van der Waals surface area contributed by atoms with Crippen LogP contribution >= 0.6 is 0 Å². The number of ether oxygens (including phenoxy) is 6. The van der Waals surface area contributed by atoms with Gasteiger partial charge in [0.05, 0.1) is 39.5 Å². The van der Waals surface area contributed by atoms with Gasteiger partial charge in [-0.25, -0.2) is 0 Å². The van der Waals surface area contributed by atoms with E-state index in [0.29, 0.717) is 37.8 Å². The van der Waals surface area contributed by atoms with Crippen LogP contribution in [0, 0.1) is 23.7 Å². The van der Waals surface area contributed by atoms with E-state index in [0.717, 1.165) is 12.8 Å². The molecule has 6 aliphatic rings. The van der Waals surface area contributed by atoms with E-state index in [1.54, 1.807) is 0 Å². The van der Waals surface area contributed by atoms with Crippen LogP contribution in [-0.2, 0) is 38.0 Å². The molecule has 6 rings (SSSR count). The normalized spacial score (nSPS) is 45.4. The lowest BCUT2D eigenvalue weighted by molar-refractivity contribution is -0.369. The van der Waals surface area contributed by atoms with Crippen LogP contribution in [-0.4, -0.2) is 255 Å². The highest BCUT2D eigenvalue weighted by Crippen LogP contribution is 2.37. The second kappa shape index (κ2) is 22.1. The highest BCUT2D eigenvalue weighted by Gasteiger charge is 2.59. The minimum atomic E-state index is -2.25. The standard InChI is InChI=1S/2C20H35NO11/c1-9(2)3-10-4-13(24)21(5-10)8-20(29)18(28)17(11(23)7-30-20)32-19-16(27)15(26)14(25)12(6-22)31-19;1-9(2)3-10-4-13(24)21(5-10)8-20(29)18(28)17(12(7-23)32-20)31-19-16(27)15(26)14(25)11(6-22)30-19/h2*9-12,14-19,22-23,25-29H,3-8H2,1-2H3/t2*10-,11+,12+,14-,15-,16+,17+,18-,19-,20?/m00/s1. The molecule has 6 saturated heterocycles. The Morgan fingerprint density at radius 3 is 1.42 bits per heavy atom. The molecule has 20 atom stereocenters. The maximum absolute atomic E-state index is 12.4. The van der Waals surface area contributed by atoms with E-state index in [9.17, 15) is 81.1 Å². The van der Waals surface area contributed by atoms with Gasteiger partial charge in [-0.05, 0) is 36.5 Å². The van der Waals surface area contributed by atoms with Crippen molar-refractivity contribution in [3.05, 3.63) is 0 Å². The highest BCUT2D eigenvalue weighted by molar-refractivity contribution is 5.79. The molecular formula is C40H70N2O22. The van der Waals surface area contributed by atoms with Gasteiger partial charge >= 0.3 is 0 Å². The van der Waals surface area contributed by atoms with E-state index in [2.05, 4.69) is 27.7 Å². The molecule has 64 heavy (non-hydrogen) atoms. The van der Waals surface area contributed by atoms with Crippen LogP contribution in [0.4, 0.5) is 0 Å². The van der Waals surface area contributed by atoms with E-state index in [-0.39, 0.29) is 36.7 Å². The summed E-state index contributed by atoms with van der Waals surface area (Å²) in [6.07, 6.45) is -22.6. The van der Waals surface area contributed by atoms with E-state index in [1.807, 2.05) is 0 Å².